The lowest BCUT2D eigenvalue weighted by Gasteiger charge is -2.33. The molecule has 6 heteroatoms. The van der Waals surface area contributed by atoms with Crippen LogP contribution in [0.2, 0.25) is 0 Å². The van der Waals surface area contributed by atoms with Crippen LogP contribution in [0.15, 0.2) is 47.6 Å². The summed E-state index contributed by atoms with van der Waals surface area (Å²) in [7, 11) is 1.80. The second kappa shape index (κ2) is 9.46. The lowest BCUT2D eigenvalue weighted by molar-refractivity contribution is 0.198. The van der Waals surface area contributed by atoms with Crippen LogP contribution in [0.3, 0.4) is 0 Å². The highest BCUT2D eigenvalue weighted by atomic mass is 19.1. The van der Waals surface area contributed by atoms with Gasteiger partial charge in [-0.05, 0) is 49.1 Å². The van der Waals surface area contributed by atoms with E-state index in [1.54, 1.807) is 7.05 Å². The number of guanidine groups is 1. The minimum Gasteiger partial charge on any atom is -0.354 e. The fourth-order valence-corrected chi connectivity index (χ4v) is 3.34. The van der Waals surface area contributed by atoms with Gasteiger partial charge in [-0.3, -0.25) is 14.9 Å². The molecule has 1 saturated heterocycles. The van der Waals surface area contributed by atoms with Gasteiger partial charge in [0.1, 0.15) is 5.82 Å². The number of piperidine rings is 1. The Morgan fingerprint density at radius 2 is 1.96 bits per heavy atom. The van der Waals surface area contributed by atoms with E-state index in [1.807, 2.05) is 24.4 Å². The number of hydrogen-bond acceptors (Lipinski definition) is 3. The summed E-state index contributed by atoms with van der Waals surface area (Å²) in [5, 5.41) is 6.88. The molecule has 0 saturated carbocycles. The van der Waals surface area contributed by atoms with E-state index in [2.05, 4.69) is 38.5 Å². The summed E-state index contributed by atoms with van der Waals surface area (Å²) in [6, 6.07) is 11.2. The van der Waals surface area contributed by atoms with Crippen molar-refractivity contribution >= 4 is 5.96 Å². The summed E-state index contributed by atoms with van der Waals surface area (Å²) in [5.74, 6) is 0.637. The van der Waals surface area contributed by atoms with E-state index < -0.39 is 0 Å². The van der Waals surface area contributed by atoms with Crippen LogP contribution >= 0.6 is 0 Å². The molecule has 5 nitrogen and oxygen atoms in total. The third-order valence-corrected chi connectivity index (χ3v) is 5.01. The molecule has 0 unspecified atom stereocenters. The molecule has 2 aromatic rings. The lowest BCUT2D eigenvalue weighted by atomic mass is 10.0. The maximum absolute atomic E-state index is 13.0. The molecular weight excluding hydrogens is 341 g/mol. The maximum atomic E-state index is 13.0. The van der Waals surface area contributed by atoms with Crippen molar-refractivity contribution in [3.8, 4) is 0 Å². The maximum Gasteiger partial charge on any atom is 0.191 e. The Bertz CT molecular complexity index is 751. The third kappa shape index (κ3) is 5.76. The van der Waals surface area contributed by atoms with E-state index in [1.165, 1.54) is 17.7 Å². The molecule has 0 radical (unpaired) electrons. The highest BCUT2D eigenvalue weighted by molar-refractivity contribution is 5.79. The summed E-state index contributed by atoms with van der Waals surface area (Å²) >= 11 is 0. The number of aliphatic imine (C=N–C) groups is 1. The minimum absolute atomic E-state index is 0.179. The first kappa shape index (κ1) is 19.3. The number of rotatable bonds is 5. The Morgan fingerprint density at radius 1 is 1.22 bits per heavy atom. The molecule has 0 aliphatic carbocycles. The first-order valence-corrected chi connectivity index (χ1v) is 9.48. The molecule has 0 amide bonds. The summed E-state index contributed by atoms with van der Waals surface area (Å²) in [6.07, 6.45) is 3.94. The van der Waals surface area contributed by atoms with Crippen molar-refractivity contribution in [1.82, 2.24) is 20.5 Å². The van der Waals surface area contributed by atoms with E-state index in [0.29, 0.717) is 12.6 Å². The van der Waals surface area contributed by atoms with Crippen molar-refractivity contribution in [3.63, 3.8) is 0 Å². The smallest absolute Gasteiger partial charge is 0.191 e. The van der Waals surface area contributed by atoms with Gasteiger partial charge in [0.05, 0.1) is 12.2 Å². The van der Waals surface area contributed by atoms with Gasteiger partial charge in [0, 0.05) is 38.9 Å². The fourth-order valence-electron chi connectivity index (χ4n) is 3.34. The van der Waals surface area contributed by atoms with Crippen LogP contribution in [-0.4, -0.2) is 42.0 Å². The van der Waals surface area contributed by atoms with Crippen LogP contribution in [0.25, 0.3) is 0 Å². The first-order valence-electron chi connectivity index (χ1n) is 9.48. The lowest BCUT2D eigenvalue weighted by Crippen LogP contribution is -2.48. The average Bonchev–Trinajstić information content (AvgIpc) is 2.69. The standard InChI is InChI=1S/C21H28FN5/c1-16-4-3-11-24-20(16)14-25-21(23-2)26-19-9-12-27(13-10-19)15-17-5-7-18(22)8-6-17/h3-8,11,19H,9-10,12-15H2,1-2H3,(H2,23,25,26). The van der Waals surface area contributed by atoms with Crippen molar-refractivity contribution in [2.24, 2.45) is 4.99 Å². The van der Waals surface area contributed by atoms with E-state index in [9.17, 15) is 4.39 Å². The molecular formula is C21H28FN5. The van der Waals surface area contributed by atoms with E-state index in [0.717, 1.165) is 49.7 Å². The van der Waals surface area contributed by atoms with Crippen molar-refractivity contribution in [1.29, 1.82) is 0 Å². The van der Waals surface area contributed by atoms with Gasteiger partial charge in [0.15, 0.2) is 5.96 Å². The van der Waals surface area contributed by atoms with Crippen LogP contribution in [0.5, 0.6) is 0 Å². The van der Waals surface area contributed by atoms with Crippen LogP contribution in [-0.2, 0) is 13.1 Å². The molecule has 0 atom stereocenters. The molecule has 1 aliphatic rings. The van der Waals surface area contributed by atoms with Crippen LogP contribution in [0.4, 0.5) is 4.39 Å². The number of nitrogens with one attached hydrogen (secondary N) is 2. The second-order valence-corrected chi connectivity index (χ2v) is 7.01. The molecule has 1 fully saturated rings. The van der Waals surface area contributed by atoms with E-state index >= 15 is 0 Å². The number of pyridine rings is 1. The predicted molar refractivity (Wildman–Crippen MR) is 107 cm³/mol. The van der Waals surface area contributed by atoms with Gasteiger partial charge in [-0.2, -0.15) is 0 Å². The zero-order valence-corrected chi connectivity index (χ0v) is 16.1. The molecule has 2 heterocycles. The largest absolute Gasteiger partial charge is 0.354 e. The number of halogens is 1. The van der Waals surface area contributed by atoms with Gasteiger partial charge < -0.3 is 10.6 Å². The summed E-state index contributed by atoms with van der Waals surface area (Å²) in [4.78, 5) is 11.2. The highest BCUT2D eigenvalue weighted by Gasteiger charge is 2.20. The second-order valence-electron chi connectivity index (χ2n) is 7.01. The van der Waals surface area contributed by atoms with E-state index in [4.69, 9.17) is 0 Å². The molecule has 27 heavy (non-hydrogen) atoms. The molecule has 3 rings (SSSR count). The van der Waals surface area contributed by atoms with Crippen LogP contribution in [0, 0.1) is 12.7 Å². The Hall–Kier alpha value is -2.47. The Labute approximate surface area is 160 Å². The van der Waals surface area contributed by atoms with Crippen LogP contribution < -0.4 is 10.6 Å². The average molecular weight is 369 g/mol. The number of nitrogens with zero attached hydrogens (tertiary/aromatic N) is 3. The SMILES string of the molecule is CN=C(NCc1ncccc1C)NC1CCN(Cc2ccc(F)cc2)CC1. The highest BCUT2D eigenvalue weighted by Crippen LogP contribution is 2.14. The number of hydrogen-bond donors (Lipinski definition) is 2. The van der Waals surface area contributed by atoms with Gasteiger partial charge in [-0.1, -0.05) is 18.2 Å². The number of aromatic nitrogens is 1. The topological polar surface area (TPSA) is 52.6 Å². The van der Waals surface area contributed by atoms with Crippen molar-refractivity contribution in [3.05, 3.63) is 65.2 Å². The zero-order chi connectivity index (χ0) is 19.1. The number of likely N-dealkylation sites (tertiary alicyclic amines) is 1. The van der Waals surface area contributed by atoms with Gasteiger partial charge in [-0.15, -0.1) is 0 Å². The predicted octanol–water partition coefficient (Wildman–Crippen LogP) is 2.86. The molecule has 2 N–H and O–H groups in total. The molecule has 1 aromatic carbocycles. The van der Waals surface area contributed by atoms with Gasteiger partial charge in [-0.25, -0.2) is 4.39 Å². The fraction of sp³-hybridized carbons (Fsp3) is 0.429. The number of aryl methyl sites for hydroxylation is 1. The van der Waals surface area contributed by atoms with Crippen molar-refractivity contribution < 1.29 is 4.39 Å². The Kier molecular flexibility index (Phi) is 6.76. The monoisotopic (exact) mass is 369 g/mol. The Morgan fingerprint density at radius 3 is 2.63 bits per heavy atom. The normalized spacial score (nSPS) is 16.3. The molecule has 0 spiro atoms. The Balaban J connectivity index is 1.43. The first-order chi connectivity index (χ1) is 13.1. The summed E-state index contributed by atoms with van der Waals surface area (Å²) in [6.45, 7) is 5.64. The minimum atomic E-state index is -0.179. The van der Waals surface area contributed by atoms with Gasteiger partial charge in [0.25, 0.3) is 0 Å². The van der Waals surface area contributed by atoms with Gasteiger partial charge in [0.2, 0.25) is 0 Å². The quantitative estimate of drug-likeness (QED) is 0.629. The van der Waals surface area contributed by atoms with Crippen molar-refractivity contribution in [2.45, 2.75) is 38.9 Å². The van der Waals surface area contributed by atoms with Crippen LogP contribution in [0.1, 0.15) is 29.7 Å². The van der Waals surface area contributed by atoms with Gasteiger partial charge >= 0.3 is 0 Å². The summed E-state index contributed by atoms with van der Waals surface area (Å²) < 4.78 is 13.0. The summed E-state index contributed by atoms with van der Waals surface area (Å²) in [5.41, 5.74) is 3.37. The molecule has 1 aliphatic heterocycles. The zero-order valence-electron chi connectivity index (χ0n) is 16.1. The molecule has 0 bridgehead atoms. The third-order valence-electron chi connectivity index (χ3n) is 5.01. The number of benzene rings is 1. The van der Waals surface area contributed by atoms with Crippen molar-refractivity contribution in [2.75, 3.05) is 20.1 Å². The molecule has 144 valence electrons. The van der Waals surface area contributed by atoms with E-state index in [-0.39, 0.29) is 5.82 Å². The molecule has 1 aromatic heterocycles.